The lowest BCUT2D eigenvalue weighted by molar-refractivity contribution is 0.0489. The number of esters is 2. The van der Waals surface area contributed by atoms with Crippen molar-refractivity contribution in [2.75, 3.05) is 6.61 Å². The minimum Gasteiger partial charge on any atom is -0.462 e. The molecule has 0 atom stereocenters. The van der Waals surface area contributed by atoms with Crippen LogP contribution in [-0.4, -0.2) is 18.5 Å². The van der Waals surface area contributed by atoms with E-state index in [-0.39, 0.29) is 11.1 Å². The van der Waals surface area contributed by atoms with E-state index in [0.717, 1.165) is 24.8 Å². The zero-order chi connectivity index (χ0) is 19.5. The van der Waals surface area contributed by atoms with Crippen LogP contribution in [0.15, 0.2) is 48.5 Å². The molecule has 0 spiro atoms. The lowest BCUT2D eigenvalue weighted by atomic mass is 10.1. The highest BCUT2D eigenvalue weighted by atomic mass is 16.5. The van der Waals surface area contributed by atoms with Gasteiger partial charge in [-0.1, -0.05) is 68.9 Å². The largest absolute Gasteiger partial charge is 0.462 e. The predicted molar refractivity (Wildman–Crippen MR) is 106 cm³/mol. The Balaban J connectivity index is 1.90. The lowest BCUT2D eigenvalue weighted by Gasteiger charge is -2.10. The van der Waals surface area contributed by atoms with Crippen molar-refractivity contribution in [3.8, 4) is 5.75 Å². The molecule has 0 aliphatic carbocycles. The average molecular weight is 368 g/mol. The van der Waals surface area contributed by atoms with Gasteiger partial charge in [-0.25, -0.2) is 9.59 Å². The normalized spacial score (nSPS) is 10.4. The summed E-state index contributed by atoms with van der Waals surface area (Å²) in [5.41, 5.74) is 1.53. The molecule has 0 amide bonds. The van der Waals surface area contributed by atoms with E-state index in [0.29, 0.717) is 12.4 Å². The van der Waals surface area contributed by atoms with Crippen LogP contribution in [0, 0.1) is 6.92 Å². The van der Waals surface area contributed by atoms with Crippen molar-refractivity contribution >= 4 is 11.9 Å². The first-order valence-corrected chi connectivity index (χ1v) is 9.67. The second-order valence-corrected chi connectivity index (χ2v) is 6.65. The SMILES string of the molecule is CCCCCCCCOC(=O)c1ccccc1C(=O)Oc1ccc(C)cc1. The number of rotatable bonds is 10. The first-order chi connectivity index (χ1) is 13.1. The summed E-state index contributed by atoms with van der Waals surface area (Å²) in [6.45, 7) is 4.51. The van der Waals surface area contributed by atoms with Crippen LogP contribution < -0.4 is 4.74 Å². The molecule has 4 heteroatoms. The molecule has 4 nitrogen and oxygen atoms in total. The molecule has 0 saturated carbocycles. The summed E-state index contributed by atoms with van der Waals surface area (Å²) in [6, 6.07) is 13.8. The number of unbranched alkanes of at least 4 members (excludes halogenated alkanes) is 5. The van der Waals surface area contributed by atoms with E-state index >= 15 is 0 Å². The predicted octanol–water partition coefficient (Wildman–Crippen LogP) is 5.73. The number of hydrogen-bond donors (Lipinski definition) is 0. The van der Waals surface area contributed by atoms with Crippen LogP contribution in [-0.2, 0) is 4.74 Å². The zero-order valence-electron chi connectivity index (χ0n) is 16.2. The number of benzene rings is 2. The van der Waals surface area contributed by atoms with Gasteiger partial charge in [0.05, 0.1) is 17.7 Å². The van der Waals surface area contributed by atoms with Crippen LogP contribution in [0.25, 0.3) is 0 Å². The molecule has 0 fully saturated rings. The van der Waals surface area contributed by atoms with Crippen molar-refractivity contribution in [1.29, 1.82) is 0 Å². The molecule has 144 valence electrons. The molecule has 0 heterocycles. The molecule has 0 bridgehead atoms. The summed E-state index contributed by atoms with van der Waals surface area (Å²) in [6.07, 6.45) is 6.72. The van der Waals surface area contributed by atoms with Crippen LogP contribution in [0.4, 0.5) is 0 Å². The summed E-state index contributed by atoms with van der Waals surface area (Å²) < 4.78 is 10.7. The highest BCUT2D eigenvalue weighted by Crippen LogP contribution is 2.17. The van der Waals surface area contributed by atoms with Gasteiger partial charge in [0.2, 0.25) is 0 Å². The van der Waals surface area contributed by atoms with E-state index in [2.05, 4.69) is 6.92 Å². The monoisotopic (exact) mass is 368 g/mol. The van der Waals surface area contributed by atoms with Crippen LogP contribution in [0.1, 0.15) is 71.7 Å². The molecule has 2 rings (SSSR count). The fourth-order valence-corrected chi connectivity index (χ4v) is 2.73. The minimum atomic E-state index is -0.564. The molecular weight excluding hydrogens is 340 g/mol. The van der Waals surface area contributed by atoms with Gasteiger partial charge in [0.1, 0.15) is 5.75 Å². The van der Waals surface area contributed by atoms with Crippen LogP contribution in [0.3, 0.4) is 0 Å². The Morgan fingerprint density at radius 2 is 1.37 bits per heavy atom. The first kappa shape index (κ1) is 20.7. The number of ether oxygens (including phenoxy) is 2. The van der Waals surface area contributed by atoms with E-state index in [1.165, 1.54) is 19.3 Å². The molecule has 0 unspecified atom stereocenters. The van der Waals surface area contributed by atoms with Crippen LogP contribution in [0.2, 0.25) is 0 Å². The van der Waals surface area contributed by atoms with Crippen LogP contribution in [0.5, 0.6) is 5.75 Å². The van der Waals surface area contributed by atoms with Gasteiger partial charge in [-0.3, -0.25) is 0 Å². The number of carbonyl (C=O) groups is 2. The number of hydrogen-bond acceptors (Lipinski definition) is 4. The van der Waals surface area contributed by atoms with Gasteiger partial charge in [0.15, 0.2) is 0 Å². The Morgan fingerprint density at radius 3 is 2.04 bits per heavy atom. The van der Waals surface area contributed by atoms with Gasteiger partial charge < -0.3 is 9.47 Å². The third-order valence-corrected chi connectivity index (χ3v) is 4.33. The van der Waals surface area contributed by atoms with E-state index in [9.17, 15) is 9.59 Å². The van der Waals surface area contributed by atoms with Crippen molar-refractivity contribution in [1.82, 2.24) is 0 Å². The van der Waals surface area contributed by atoms with Gasteiger partial charge >= 0.3 is 11.9 Å². The fourth-order valence-electron chi connectivity index (χ4n) is 2.73. The van der Waals surface area contributed by atoms with E-state index in [1.807, 2.05) is 19.1 Å². The third-order valence-electron chi connectivity index (χ3n) is 4.33. The van der Waals surface area contributed by atoms with Gasteiger partial charge in [-0.15, -0.1) is 0 Å². The fraction of sp³-hybridized carbons (Fsp3) is 0.391. The summed E-state index contributed by atoms with van der Waals surface area (Å²) >= 11 is 0. The lowest BCUT2D eigenvalue weighted by Crippen LogP contribution is -2.16. The Hall–Kier alpha value is -2.62. The molecule has 0 aliphatic rings. The zero-order valence-corrected chi connectivity index (χ0v) is 16.2. The second-order valence-electron chi connectivity index (χ2n) is 6.65. The van der Waals surface area contributed by atoms with Gasteiger partial charge in [0.25, 0.3) is 0 Å². The highest BCUT2D eigenvalue weighted by molar-refractivity contribution is 6.03. The standard InChI is InChI=1S/C23H28O4/c1-3-4-5-6-7-10-17-26-22(24)20-11-8-9-12-21(20)23(25)27-19-15-13-18(2)14-16-19/h8-9,11-16H,3-7,10,17H2,1-2H3. The minimum absolute atomic E-state index is 0.214. The van der Waals surface area contributed by atoms with E-state index in [4.69, 9.17) is 9.47 Å². The maximum absolute atomic E-state index is 12.5. The van der Waals surface area contributed by atoms with Gasteiger partial charge in [0, 0.05) is 0 Å². The van der Waals surface area contributed by atoms with Crippen molar-refractivity contribution < 1.29 is 19.1 Å². The van der Waals surface area contributed by atoms with Crippen molar-refractivity contribution in [3.05, 3.63) is 65.2 Å². The second kappa shape index (κ2) is 11.2. The molecule has 0 N–H and O–H groups in total. The maximum Gasteiger partial charge on any atom is 0.344 e. The quantitative estimate of drug-likeness (QED) is 0.305. The Morgan fingerprint density at radius 1 is 0.778 bits per heavy atom. The molecule has 0 aliphatic heterocycles. The molecule has 2 aromatic rings. The summed E-state index contributed by atoms with van der Waals surface area (Å²) in [7, 11) is 0. The first-order valence-electron chi connectivity index (χ1n) is 9.67. The third kappa shape index (κ3) is 6.89. The highest BCUT2D eigenvalue weighted by Gasteiger charge is 2.19. The Bertz CT molecular complexity index is 734. The molecule has 0 saturated heterocycles. The molecule has 27 heavy (non-hydrogen) atoms. The smallest absolute Gasteiger partial charge is 0.344 e. The molecule has 0 aromatic heterocycles. The van der Waals surface area contributed by atoms with Crippen molar-refractivity contribution in [2.24, 2.45) is 0 Å². The summed E-state index contributed by atoms with van der Waals surface area (Å²) in [5.74, 6) is -0.605. The summed E-state index contributed by atoms with van der Waals surface area (Å²) in [4.78, 5) is 24.8. The Labute approximate surface area is 161 Å². The van der Waals surface area contributed by atoms with Crippen LogP contribution >= 0.6 is 0 Å². The van der Waals surface area contributed by atoms with E-state index in [1.54, 1.807) is 36.4 Å². The summed E-state index contributed by atoms with van der Waals surface area (Å²) in [5, 5.41) is 0. The maximum atomic E-state index is 12.5. The molecule has 0 radical (unpaired) electrons. The average Bonchev–Trinajstić information content (AvgIpc) is 2.69. The van der Waals surface area contributed by atoms with Crippen molar-refractivity contribution in [3.63, 3.8) is 0 Å². The van der Waals surface area contributed by atoms with Gasteiger partial charge in [-0.2, -0.15) is 0 Å². The molecule has 2 aromatic carbocycles. The number of aryl methyl sites for hydroxylation is 1. The molecular formula is C23H28O4. The Kier molecular flexibility index (Phi) is 8.56. The number of carbonyl (C=O) groups excluding carboxylic acids is 2. The van der Waals surface area contributed by atoms with Crippen molar-refractivity contribution in [2.45, 2.75) is 52.4 Å². The van der Waals surface area contributed by atoms with Gasteiger partial charge in [-0.05, 0) is 37.6 Å². The topological polar surface area (TPSA) is 52.6 Å². The van der Waals surface area contributed by atoms with E-state index < -0.39 is 11.9 Å².